The summed E-state index contributed by atoms with van der Waals surface area (Å²) < 4.78 is 16.4. The molecule has 0 aromatic heterocycles. The lowest BCUT2D eigenvalue weighted by Gasteiger charge is -2.12. The van der Waals surface area contributed by atoms with Crippen LogP contribution in [0, 0.1) is 0 Å². The van der Waals surface area contributed by atoms with Crippen LogP contribution in [-0.4, -0.2) is 31.7 Å². The van der Waals surface area contributed by atoms with Gasteiger partial charge >= 0.3 is 5.97 Å². The molecule has 0 saturated carbocycles. The van der Waals surface area contributed by atoms with E-state index in [2.05, 4.69) is 5.32 Å². The van der Waals surface area contributed by atoms with E-state index in [4.69, 9.17) is 14.2 Å². The molecule has 1 aliphatic rings. The lowest BCUT2D eigenvalue weighted by atomic mass is 10.0. The van der Waals surface area contributed by atoms with Crippen molar-refractivity contribution in [3.63, 3.8) is 0 Å². The third-order valence-electron chi connectivity index (χ3n) is 3.71. The molecule has 0 saturated heterocycles. The van der Waals surface area contributed by atoms with Crippen molar-refractivity contribution in [2.24, 2.45) is 0 Å². The van der Waals surface area contributed by atoms with Gasteiger partial charge in [0, 0.05) is 5.70 Å². The first kappa shape index (κ1) is 19.6. The number of esters is 1. The van der Waals surface area contributed by atoms with Crippen molar-refractivity contribution in [3.8, 4) is 11.5 Å². The van der Waals surface area contributed by atoms with Crippen molar-refractivity contribution in [2.75, 3.05) is 19.8 Å². The Morgan fingerprint density at radius 1 is 1.12 bits per heavy atom. The van der Waals surface area contributed by atoms with Gasteiger partial charge < -0.3 is 19.5 Å². The fourth-order valence-electron chi connectivity index (χ4n) is 2.60. The van der Waals surface area contributed by atoms with Crippen LogP contribution in [0.2, 0.25) is 0 Å². The van der Waals surface area contributed by atoms with Crippen LogP contribution in [0.15, 0.2) is 35.0 Å². The predicted octanol–water partition coefficient (Wildman–Crippen LogP) is 3.22. The van der Waals surface area contributed by atoms with Gasteiger partial charge in [0.05, 0.1) is 31.0 Å². The molecule has 0 unspecified atom stereocenters. The largest absolute Gasteiger partial charge is 0.490 e. The minimum atomic E-state index is -0.511. The zero-order valence-corrected chi connectivity index (χ0v) is 15.7. The summed E-state index contributed by atoms with van der Waals surface area (Å²) in [5.41, 5.74) is 1.78. The first-order chi connectivity index (χ1) is 12.5. The number of carbonyl (C=O) groups excluding carboxylic acids is 2. The summed E-state index contributed by atoms with van der Waals surface area (Å²) in [5, 5.41) is 2.67. The van der Waals surface area contributed by atoms with Crippen LogP contribution in [0.4, 0.5) is 0 Å². The molecule has 0 fully saturated rings. The van der Waals surface area contributed by atoms with Gasteiger partial charge in [0.1, 0.15) is 0 Å². The van der Waals surface area contributed by atoms with Gasteiger partial charge in [-0.15, -0.1) is 0 Å². The van der Waals surface area contributed by atoms with Gasteiger partial charge in [0.2, 0.25) is 0 Å². The molecule has 140 valence electrons. The van der Waals surface area contributed by atoms with Crippen molar-refractivity contribution < 1.29 is 23.8 Å². The maximum atomic E-state index is 12.2. The highest BCUT2D eigenvalue weighted by Crippen LogP contribution is 2.31. The maximum absolute atomic E-state index is 12.2. The summed E-state index contributed by atoms with van der Waals surface area (Å²) in [5.74, 6) is 0.426. The minimum Gasteiger partial charge on any atom is -0.490 e. The Hall–Kier alpha value is -2.76. The van der Waals surface area contributed by atoms with Gasteiger partial charge in [0.15, 0.2) is 11.5 Å². The van der Waals surface area contributed by atoms with E-state index in [1.807, 2.05) is 19.9 Å². The zero-order valence-electron chi connectivity index (χ0n) is 15.7. The average Bonchev–Trinajstić information content (AvgIpc) is 2.88. The van der Waals surface area contributed by atoms with Crippen molar-refractivity contribution in [2.45, 2.75) is 34.1 Å². The molecule has 1 amide bonds. The highest BCUT2D eigenvalue weighted by Gasteiger charge is 2.30. The third kappa shape index (κ3) is 4.45. The van der Waals surface area contributed by atoms with Crippen molar-refractivity contribution in [3.05, 3.63) is 40.6 Å². The molecule has 6 heteroatoms. The summed E-state index contributed by atoms with van der Waals surface area (Å²) in [6, 6.07) is 5.42. The molecule has 0 atom stereocenters. The molecular weight excluding hydrogens is 334 g/mol. The Morgan fingerprint density at radius 2 is 1.88 bits per heavy atom. The van der Waals surface area contributed by atoms with E-state index in [-0.39, 0.29) is 23.7 Å². The summed E-state index contributed by atoms with van der Waals surface area (Å²) in [6.07, 6.45) is 2.53. The van der Waals surface area contributed by atoms with Gasteiger partial charge in [-0.3, -0.25) is 4.79 Å². The van der Waals surface area contributed by atoms with E-state index < -0.39 is 5.97 Å². The Kier molecular flexibility index (Phi) is 6.83. The molecule has 1 aromatic carbocycles. The molecule has 0 bridgehead atoms. The fraction of sp³-hybridized carbons (Fsp3) is 0.400. The summed E-state index contributed by atoms with van der Waals surface area (Å²) in [4.78, 5) is 24.4. The van der Waals surface area contributed by atoms with Crippen LogP contribution in [0.3, 0.4) is 0 Å². The standard InChI is InChI=1S/C20H25NO5/c1-5-10-26-17-12-14(8-9-16(17)24-6-2)11-15-18(20(23)25-7-3)13(4)21-19(15)22/h8-9,11-12H,5-7,10H2,1-4H3,(H,21,22)/b15-11-. The Bertz CT molecular complexity index is 749. The van der Waals surface area contributed by atoms with Crippen molar-refractivity contribution in [1.82, 2.24) is 5.32 Å². The van der Waals surface area contributed by atoms with Gasteiger partial charge in [-0.1, -0.05) is 13.0 Å². The van der Waals surface area contributed by atoms with E-state index in [1.165, 1.54) is 0 Å². The van der Waals surface area contributed by atoms with Gasteiger partial charge in [-0.2, -0.15) is 0 Å². The number of benzene rings is 1. The Balaban J connectivity index is 2.40. The molecule has 1 N–H and O–H groups in total. The van der Waals surface area contributed by atoms with Crippen LogP contribution in [0.5, 0.6) is 11.5 Å². The van der Waals surface area contributed by atoms with E-state index in [9.17, 15) is 9.59 Å². The normalized spacial score (nSPS) is 15.2. The highest BCUT2D eigenvalue weighted by molar-refractivity contribution is 6.16. The van der Waals surface area contributed by atoms with Gasteiger partial charge in [0.25, 0.3) is 5.91 Å². The number of nitrogens with one attached hydrogen (secondary N) is 1. The fourth-order valence-corrected chi connectivity index (χ4v) is 2.60. The second-order valence-corrected chi connectivity index (χ2v) is 5.72. The van der Waals surface area contributed by atoms with Crippen LogP contribution < -0.4 is 14.8 Å². The number of carbonyl (C=O) groups is 2. The number of hydrogen-bond acceptors (Lipinski definition) is 5. The monoisotopic (exact) mass is 359 g/mol. The topological polar surface area (TPSA) is 73.9 Å². The third-order valence-corrected chi connectivity index (χ3v) is 3.71. The minimum absolute atomic E-state index is 0.245. The Morgan fingerprint density at radius 3 is 2.54 bits per heavy atom. The summed E-state index contributed by atoms with van der Waals surface area (Å²) in [7, 11) is 0. The van der Waals surface area contributed by atoms with E-state index in [1.54, 1.807) is 32.1 Å². The molecule has 0 spiro atoms. The lowest BCUT2D eigenvalue weighted by Crippen LogP contribution is -2.15. The molecule has 1 aliphatic heterocycles. The first-order valence-electron chi connectivity index (χ1n) is 8.82. The highest BCUT2D eigenvalue weighted by atomic mass is 16.5. The molecular formula is C20H25NO5. The van der Waals surface area contributed by atoms with E-state index >= 15 is 0 Å². The van der Waals surface area contributed by atoms with Crippen molar-refractivity contribution in [1.29, 1.82) is 0 Å². The smallest absolute Gasteiger partial charge is 0.340 e. The number of rotatable bonds is 8. The zero-order chi connectivity index (χ0) is 19.1. The molecule has 26 heavy (non-hydrogen) atoms. The number of amides is 1. The second-order valence-electron chi connectivity index (χ2n) is 5.72. The molecule has 0 aliphatic carbocycles. The summed E-state index contributed by atoms with van der Waals surface area (Å²) in [6.45, 7) is 8.67. The van der Waals surface area contributed by atoms with E-state index in [0.717, 1.165) is 12.0 Å². The average molecular weight is 359 g/mol. The van der Waals surface area contributed by atoms with Crippen molar-refractivity contribution >= 4 is 18.0 Å². The van der Waals surface area contributed by atoms with Gasteiger partial charge in [-0.05, 0) is 51.0 Å². The summed E-state index contributed by atoms with van der Waals surface area (Å²) >= 11 is 0. The van der Waals surface area contributed by atoms with Crippen LogP contribution >= 0.6 is 0 Å². The second kappa shape index (κ2) is 9.08. The molecule has 1 aromatic rings. The quantitative estimate of drug-likeness (QED) is 0.570. The van der Waals surface area contributed by atoms with Crippen LogP contribution in [-0.2, 0) is 14.3 Å². The number of allylic oxidation sites excluding steroid dienone is 1. The molecule has 2 rings (SSSR count). The first-order valence-corrected chi connectivity index (χ1v) is 8.82. The maximum Gasteiger partial charge on any atom is 0.340 e. The lowest BCUT2D eigenvalue weighted by molar-refractivity contribution is -0.138. The van der Waals surface area contributed by atoms with Crippen LogP contribution in [0.25, 0.3) is 6.08 Å². The predicted molar refractivity (Wildman–Crippen MR) is 98.8 cm³/mol. The molecule has 6 nitrogen and oxygen atoms in total. The molecule has 0 radical (unpaired) electrons. The number of hydrogen-bond donors (Lipinski definition) is 1. The Labute approximate surface area is 153 Å². The van der Waals surface area contributed by atoms with E-state index in [0.29, 0.717) is 30.4 Å². The SMILES string of the molecule is CCCOc1cc(/C=C2\C(=O)NC(C)=C2C(=O)OCC)ccc1OCC. The number of ether oxygens (including phenoxy) is 3. The molecule has 1 heterocycles. The van der Waals surface area contributed by atoms with Gasteiger partial charge in [-0.25, -0.2) is 4.79 Å². The van der Waals surface area contributed by atoms with Crippen LogP contribution in [0.1, 0.15) is 39.7 Å².